The Bertz CT molecular complexity index is 723. The van der Waals surface area contributed by atoms with Crippen molar-refractivity contribution in [3.8, 4) is 0 Å². The van der Waals surface area contributed by atoms with E-state index in [9.17, 15) is 9.59 Å². The highest BCUT2D eigenvalue weighted by atomic mass is 32.2. The van der Waals surface area contributed by atoms with E-state index in [1.807, 2.05) is 13.8 Å². The first-order chi connectivity index (χ1) is 13.7. The van der Waals surface area contributed by atoms with Gasteiger partial charge in [-0.25, -0.2) is 4.99 Å². The lowest BCUT2D eigenvalue weighted by molar-refractivity contribution is -0.151. The maximum Gasteiger partial charge on any atom is 0.303 e. The summed E-state index contributed by atoms with van der Waals surface area (Å²) < 4.78 is 22.2. The largest absolute Gasteiger partial charge is 0.463 e. The zero-order valence-electron chi connectivity index (χ0n) is 16.7. The van der Waals surface area contributed by atoms with Crippen LogP contribution in [0.1, 0.15) is 27.2 Å². The van der Waals surface area contributed by atoms with Gasteiger partial charge in [-0.2, -0.15) is 4.99 Å². The Balaban J connectivity index is 2.14. The summed E-state index contributed by atoms with van der Waals surface area (Å²) in [4.78, 5) is 33.4. The van der Waals surface area contributed by atoms with E-state index in [0.717, 1.165) is 11.8 Å². The average Bonchev–Trinajstić information content (AvgIpc) is 2.99. The molecular weight excluding hydrogens is 400 g/mol. The van der Waals surface area contributed by atoms with Gasteiger partial charge < -0.3 is 24.7 Å². The molecule has 0 aromatic heterocycles. The number of guanidine groups is 1. The zero-order chi connectivity index (χ0) is 21.6. The van der Waals surface area contributed by atoms with Crippen LogP contribution >= 0.6 is 11.8 Å². The Hall–Kier alpha value is -2.53. The van der Waals surface area contributed by atoms with E-state index in [-0.39, 0.29) is 42.1 Å². The molecule has 2 aliphatic heterocycles. The molecule has 29 heavy (non-hydrogen) atoms. The third-order valence-corrected chi connectivity index (χ3v) is 4.54. The van der Waals surface area contributed by atoms with Gasteiger partial charge in [0, 0.05) is 25.3 Å². The number of hydrogen-bond donors (Lipinski definition) is 1. The van der Waals surface area contributed by atoms with Gasteiger partial charge in [-0.1, -0.05) is 18.3 Å². The van der Waals surface area contributed by atoms with E-state index in [4.69, 9.17) is 24.7 Å². The van der Waals surface area contributed by atoms with E-state index in [1.165, 1.54) is 18.0 Å². The molecule has 0 spiro atoms. The molecule has 1 amide bonds. The van der Waals surface area contributed by atoms with Crippen molar-refractivity contribution >= 4 is 35.1 Å². The number of carbonyl (C=O) groups is 2. The normalized spacial score (nSPS) is 25.2. The molecule has 2 heterocycles. The molecule has 1 saturated heterocycles. The van der Waals surface area contributed by atoms with E-state index in [2.05, 4.69) is 23.1 Å². The molecule has 3 atom stereocenters. The molecule has 10 nitrogen and oxygen atoms in total. The molecule has 160 valence electrons. The van der Waals surface area contributed by atoms with Gasteiger partial charge in [-0.3, -0.25) is 14.5 Å². The van der Waals surface area contributed by atoms with Gasteiger partial charge in [0.2, 0.25) is 5.96 Å². The summed E-state index contributed by atoms with van der Waals surface area (Å²) >= 11 is 1.00. The van der Waals surface area contributed by atoms with E-state index in [1.54, 1.807) is 0 Å². The molecule has 0 saturated carbocycles. The molecular formula is C18H26N4O6S. The number of thioether (sulfide) groups is 1. The van der Waals surface area contributed by atoms with E-state index in [0.29, 0.717) is 5.75 Å². The van der Waals surface area contributed by atoms with Crippen molar-refractivity contribution in [1.82, 2.24) is 4.90 Å². The molecule has 2 rings (SSSR count). The topological polar surface area (TPSA) is 125 Å². The lowest BCUT2D eigenvalue weighted by atomic mass is 10.2. The molecule has 2 N–H and O–H groups in total. The quantitative estimate of drug-likeness (QED) is 0.484. The molecule has 0 aromatic rings. The Morgan fingerprint density at radius 1 is 1.52 bits per heavy atom. The lowest BCUT2D eigenvalue weighted by Crippen LogP contribution is -2.37. The number of aliphatic imine (C=N–C) groups is 2. The van der Waals surface area contributed by atoms with Crippen LogP contribution in [-0.2, 0) is 23.7 Å². The van der Waals surface area contributed by atoms with Crippen LogP contribution in [0, 0.1) is 0 Å². The average molecular weight is 426 g/mol. The second-order valence-electron chi connectivity index (χ2n) is 6.51. The number of nitrogens with two attached hydrogens (primary N) is 1. The minimum atomic E-state index is -0.769. The van der Waals surface area contributed by atoms with Gasteiger partial charge >= 0.3 is 5.97 Å². The molecule has 0 radical (unpaired) electrons. The summed E-state index contributed by atoms with van der Waals surface area (Å²) in [6.07, 6.45) is -0.446. The van der Waals surface area contributed by atoms with Crippen LogP contribution in [0.2, 0.25) is 0 Å². The Morgan fingerprint density at radius 3 is 2.90 bits per heavy atom. The van der Waals surface area contributed by atoms with E-state index < -0.39 is 24.4 Å². The smallest absolute Gasteiger partial charge is 0.303 e. The van der Waals surface area contributed by atoms with Gasteiger partial charge in [-0.05, 0) is 20.4 Å². The fourth-order valence-corrected chi connectivity index (χ4v) is 3.38. The van der Waals surface area contributed by atoms with Crippen LogP contribution in [0.4, 0.5) is 4.79 Å². The Kier molecular flexibility index (Phi) is 8.09. The van der Waals surface area contributed by atoms with Crippen LogP contribution in [0.25, 0.3) is 0 Å². The summed E-state index contributed by atoms with van der Waals surface area (Å²) in [5.41, 5.74) is 5.70. The molecule has 0 aromatic carbocycles. The van der Waals surface area contributed by atoms with Crippen LogP contribution in [0.15, 0.2) is 34.9 Å². The predicted octanol–water partition coefficient (Wildman–Crippen LogP) is 1.97. The van der Waals surface area contributed by atoms with Crippen molar-refractivity contribution < 1.29 is 28.5 Å². The highest BCUT2D eigenvalue weighted by Crippen LogP contribution is 2.31. The Labute approximate surface area is 173 Å². The summed E-state index contributed by atoms with van der Waals surface area (Å²) in [6.45, 7) is 12.5. The number of esters is 1. The molecule has 0 bridgehead atoms. The predicted molar refractivity (Wildman–Crippen MR) is 109 cm³/mol. The maximum absolute atomic E-state index is 12.7. The summed E-state index contributed by atoms with van der Waals surface area (Å²) in [5, 5.41) is -0.333. The van der Waals surface area contributed by atoms with Gasteiger partial charge in [0.25, 0.3) is 11.2 Å². The standard InChI is InChI=1S/C18H26N4O6S/c1-10(2)26-13(5)25-9-15-14(27-12(4)23)8-16(28-15)22-11(3)21-17(19)20-6-7-29-18(22)24/h6,10,14-16H,3,5,7-9H2,1-2,4H3,(H2,19,21)/t14-,15-,16-/m1/s1. The third-order valence-electron chi connectivity index (χ3n) is 3.78. The Morgan fingerprint density at radius 2 is 2.24 bits per heavy atom. The highest BCUT2D eigenvalue weighted by Gasteiger charge is 2.43. The van der Waals surface area contributed by atoms with Gasteiger partial charge in [-0.15, -0.1) is 0 Å². The maximum atomic E-state index is 12.7. The minimum Gasteiger partial charge on any atom is -0.463 e. The van der Waals surface area contributed by atoms with Crippen LogP contribution in [-0.4, -0.2) is 65.2 Å². The summed E-state index contributed by atoms with van der Waals surface area (Å²) in [7, 11) is 0. The van der Waals surface area contributed by atoms with Crippen LogP contribution < -0.4 is 5.73 Å². The van der Waals surface area contributed by atoms with Crippen molar-refractivity contribution in [2.75, 3.05) is 12.4 Å². The first kappa shape index (κ1) is 22.8. The van der Waals surface area contributed by atoms with Gasteiger partial charge in [0.1, 0.15) is 30.9 Å². The molecule has 0 aliphatic carbocycles. The van der Waals surface area contributed by atoms with Crippen molar-refractivity contribution in [3.05, 3.63) is 24.9 Å². The second-order valence-corrected chi connectivity index (χ2v) is 7.48. The SMILES string of the molecule is C=C(OC[C@H]1O[C@@H](N2C(=C)N=C(N)N=CCSC2=O)C[C@H]1OC(C)=O)OC(C)C. The summed E-state index contributed by atoms with van der Waals surface area (Å²) in [5.74, 6) is 0.0346. The number of carbonyl (C=O) groups excluding carboxylic acids is 2. The van der Waals surface area contributed by atoms with Crippen molar-refractivity contribution in [2.45, 2.75) is 51.7 Å². The van der Waals surface area contributed by atoms with E-state index >= 15 is 0 Å². The molecule has 1 fully saturated rings. The molecule has 2 aliphatic rings. The zero-order valence-corrected chi connectivity index (χ0v) is 17.5. The van der Waals surface area contributed by atoms with Gasteiger partial charge in [0.05, 0.1) is 6.10 Å². The van der Waals surface area contributed by atoms with Crippen LogP contribution in [0.3, 0.4) is 0 Å². The fourth-order valence-electron chi connectivity index (χ4n) is 2.73. The third kappa shape index (κ3) is 6.79. The summed E-state index contributed by atoms with van der Waals surface area (Å²) in [6, 6.07) is 0. The number of nitrogens with zero attached hydrogens (tertiary/aromatic N) is 3. The first-order valence-corrected chi connectivity index (χ1v) is 9.98. The number of amides is 1. The number of rotatable bonds is 7. The fraction of sp³-hybridized carbons (Fsp3) is 0.556. The number of ether oxygens (including phenoxy) is 4. The lowest BCUT2D eigenvalue weighted by Gasteiger charge is -2.27. The molecule has 0 unspecified atom stereocenters. The van der Waals surface area contributed by atoms with Crippen molar-refractivity contribution in [2.24, 2.45) is 15.7 Å². The van der Waals surface area contributed by atoms with Crippen LogP contribution in [0.5, 0.6) is 0 Å². The minimum absolute atomic E-state index is 0.0214. The second kappa shape index (κ2) is 10.3. The van der Waals surface area contributed by atoms with Gasteiger partial charge in [0.15, 0.2) is 0 Å². The monoisotopic (exact) mass is 426 g/mol. The highest BCUT2D eigenvalue weighted by molar-refractivity contribution is 8.14. The number of hydrogen-bond acceptors (Lipinski definition) is 10. The first-order valence-electron chi connectivity index (χ1n) is 9.00. The van der Waals surface area contributed by atoms with Crippen molar-refractivity contribution in [3.63, 3.8) is 0 Å². The molecule has 11 heteroatoms. The van der Waals surface area contributed by atoms with Crippen molar-refractivity contribution in [1.29, 1.82) is 0 Å².